The molecule has 3 rings (SSSR count). The van der Waals surface area contributed by atoms with Crippen LogP contribution < -0.4 is 69.3 Å². The van der Waals surface area contributed by atoms with Crippen LogP contribution in [0.25, 0.3) is 0 Å². The summed E-state index contributed by atoms with van der Waals surface area (Å²) in [4.78, 5) is 11.1. The van der Waals surface area contributed by atoms with E-state index in [1.807, 2.05) is 6.07 Å². The Kier molecular flexibility index (Phi) is 7.68. The zero-order valence-electron chi connectivity index (χ0n) is 14.2. The number of aliphatic hydroxyl groups is 1. The van der Waals surface area contributed by atoms with E-state index >= 15 is 0 Å². The minimum Gasteiger partial charge on any atom is -0.872 e. The van der Waals surface area contributed by atoms with Gasteiger partial charge in [0, 0.05) is 5.97 Å². The van der Waals surface area contributed by atoms with E-state index in [4.69, 9.17) is 0 Å². The maximum absolute atomic E-state index is 11.5. The monoisotopic (exact) mass is 334 g/mol. The first-order valence-electron chi connectivity index (χ1n) is 7.60. The molecule has 2 aliphatic rings. The van der Waals surface area contributed by atoms with Crippen LogP contribution in [0.1, 0.15) is 49.7 Å². The molecule has 4 unspecified atom stereocenters. The molecule has 23 heavy (non-hydrogen) atoms. The summed E-state index contributed by atoms with van der Waals surface area (Å²) in [5.41, 5.74) is 1.32. The number of hydrogen-bond donors (Lipinski definition) is 1. The fourth-order valence-corrected chi connectivity index (χ4v) is 4.41. The van der Waals surface area contributed by atoms with E-state index in [-0.39, 0.29) is 89.0 Å². The fraction of sp³-hybridized carbons (Fsp3) is 0.588. The van der Waals surface area contributed by atoms with E-state index in [9.17, 15) is 20.1 Å². The third kappa shape index (κ3) is 4.35. The van der Waals surface area contributed by atoms with Gasteiger partial charge in [0.25, 0.3) is 0 Å². The molecule has 2 aliphatic carbocycles. The maximum atomic E-state index is 11.5. The second kappa shape index (κ2) is 8.22. The first kappa shape index (κ1) is 21.5. The molecule has 4 nitrogen and oxygen atoms in total. The SMILES string of the molecule is CC1(O)CCC2c3ccc([O-])cc3CCC2C1CC(=O)[O-].[Na+].[Na+]. The zero-order chi connectivity index (χ0) is 15.2. The molecule has 114 valence electrons. The Labute approximate surface area is 181 Å². The van der Waals surface area contributed by atoms with Crippen LogP contribution in [0.5, 0.6) is 5.75 Å². The van der Waals surface area contributed by atoms with Crippen molar-refractivity contribution < 1.29 is 79.2 Å². The Bertz CT molecular complexity index is 574. The van der Waals surface area contributed by atoms with Gasteiger partial charge in [0.2, 0.25) is 0 Å². The molecule has 0 amide bonds. The van der Waals surface area contributed by atoms with Gasteiger partial charge in [-0.3, -0.25) is 0 Å². The van der Waals surface area contributed by atoms with E-state index in [0.717, 1.165) is 24.8 Å². The third-order valence-corrected chi connectivity index (χ3v) is 5.44. The van der Waals surface area contributed by atoms with Gasteiger partial charge in [0.05, 0.1) is 5.60 Å². The van der Waals surface area contributed by atoms with Gasteiger partial charge < -0.3 is 20.1 Å². The number of fused-ring (bicyclic) bond motifs is 3. The van der Waals surface area contributed by atoms with Crippen molar-refractivity contribution in [2.24, 2.45) is 11.8 Å². The van der Waals surface area contributed by atoms with E-state index in [1.54, 1.807) is 19.1 Å². The summed E-state index contributed by atoms with van der Waals surface area (Å²) >= 11 is 0. The number of benzene rings is 1. The van der Waals surface area contributed by atoms with Crippen LogP contribution in [-0.4, -0.2) is 16.7 Å². The molecule has 1 saturated carbocycles. The first-order valence-corrected chi connectivity index (χ1v) is 7.60. The molecule has 4 atom stereocenters. The summed E-state index contributed by atoms with van der Waals surface area (Å²) in [7, 11) is 0. The molecule has 0 bridgehead atoms. The van der Waals surface area contributed by atoms with Gasteiger partial charge >= 0.3 is 59.1 Å². The second-order valence-electron chi connectivity index (χ2n) is 6.75. The summed E-state index contributed by atoms with van der Waals surface area (Å²) in [5.74, 6) is -0.945. The number of carboxylic acid groups (broad SMARTS) is 1. The Morgan fingerprint density at radius 3 is 2.70 bits per heavy atom. The van der Waals surface area contributed by atoms with Crippen molar-refractivity contribution in [3.8, 4) is 5.75 Å². The molecule has 1 N–H and O–H groups in total. The standard InChI is InChI=1S/C17H22O4.2Na/c1-17(21)7-6-13-12-5-3-11(18)8-10(12)2-4-14(13)15(17)9-16(19)20;;/h3,5,8,13-15,18,21H,2,4,6-7,9H2,1H3,(H,19,20);;/q;2*+1/p-2. The fourth-order valence-electron chi connectivity index (χ4n) is 4.41. The number of aryl methyl sites for hydroxylation is 1. The van der Waals surface area contributed by atoms with Crippen molar-refractivity contribution in [2.75, 3.05) is 0 Å². The molecular weight excluding hydrogens is 314 g/mol. The van der Waals surface area contributed by atoms with Crippen LogP contribution >= 0.6 is 0 Å². The number of carbonyl (C=O) groups is 1. The van der Waals surface area contributed by atoms with Crippen molar-refractivity contribution in [3.05, 3.63) is 29.3 Å². The largest absolute Gasteiger partial charge is 1.00 e. The molecule has 0 heterocycles. The molecule has 0 radical (unpaired) electrons. The number of aliphatic carboxylic acids is 1. The van der Waals surface area contributed by atoms with Crippen molar-refractivity contribution in [2.45, 2.75) is 50.5 Å². The van der Waals surface area contributed by atoms with Crippen LogP contribution in [0.15, 0.2) is 18.2 Å². The maximum Gasteiger partial charge on any atom is 1.00 e. The van der Waals surface area contributed by atoms with E-state index < -0.39 is 11.6 Å². The van der Waals surface area contributed by atoms with Crippen LogP contribution in [0.2, 0.25) is 0 Å². The molecule has 6 heteroatoms. The summed E-state index contributed by atoms with van der Waals surface area (Å²) in [6, 6.07) is 5.18. The van der Waals surface area contributed by atoms with E-state index in [0.29, 0.717) is 6.42 Å². The molecule has 1 fully saturated rings. The Balaban J connectivity index is 0.00000132. The van der Waals surface area contributed by atoms with Gasteiger partial charge in [-0.25, -0.2) is 0 Å². The predicted molar refractivity (Wildman–Crippen MR) is 73.4 cm³/mol. The van der Waals surface area contributed by atoms with Gasteiger partial charge in [-0.15, -0.1) is 5.75 Å². The minimum atomic E-state index is -1.10. The van der Waals surface area contributed by atoms with Crippen molar-refractivity contribution >= 4 is 5.97 Å². The average Bonchev–Trinajstić information content (AvgIpc) is 2.40. The average molecular weight is 334 g/mol. The van der Waals surface area contributed by atoms with Gasteiger partial charge in [-0.1, -0.05) is 18.2 Å². The van der Waals surface area contributed by atoms with Crippen molar-refractivity contribution in [1.29, 1.82) is 0 Å². The van der Waals surface area contributed by atoms with Crippen LogP contribution in [0.4, 0.5) is 0 Å². The van der Waals surface area contributed by atoms with Crippen molar-refractivity contribution in [1.82, 2.24) is 0 Å². The van der Waals surface area contributed by atoms with Crippen molar-refractivity contribution in [3.63, 3.8) is 0 Å². The minimum absolute atomic E-state index is 0. The number of rotatable bonds is 2. The van der Waals surface area contributed by atoms with Gasteiger partial charge in [0.1, 0.15) is 0 Å². The quantitative estimate of drug-likeness (QED) is 0.548. The van der Waals surface area contributed by atoms with Gasteiger partial charge in [-0.05, 0) is 67.9 Å². The van der Waals surface area contributed by atoms with Gasteiger partial charge in [-0.2, -0.15) is 0 Å². The molecule has 1 aromatic carbocycles. The normalized spacial score (nSPS) is 31.8. The summed E-state index contributed by atoms with van der Waals surface area (Å²) in [5, 5.41) is 33.1. The predicted octanol–water partition coefficient (Wildman–Crippen LogP) is -5.28. The van der Waals surface area contributed by atoms with Crippen LogP contribution in [-0.2, 0) is 11.2 Å². The third-order valence-electron chi connectivity index (χ3n) is 5.44. The molecule has 0 spiro atoms. The second-order valence-corrected chi connectivity index (χ2v) is 6.75. The topological polar surface area (TPSA) is 83.4 Å². The summed E-state index contributed by atoms with van der Waals surface area (Å²) < 4.78 is 0. The number of hydrogen-bond acceptors (Lipinski definition) is 4. The first-order chi connectivity index (χ1) is 9.88. The zero-order valence-corrected chi connectivity index (χ0v) is 18.2. The van der Waals surface area contributed by atoms with E-state index in [2.05, 4.69) is 0 Å². The van der Waals surface area contributed by atoms with E-state index in [1.165, 1.54) is 5.56 Å². The molecule has 0 aromatic heterocycles. The number of carbonyl (C=O) groups excluding carboxylic acids is 1. The number of carboxylic acids is 1. The Hall–Kier alpha value is 0.450. The summed E-state index contributed by atoms with van der Waals surface area (Å²) in [6.07, 6.45) is 2.95. The molecule has 1 aromatic rings. The molecule has 0 aliphatic heterocycles. The van der Waals surface area contributed by atoms with Crippen LogP contribution in [0, 0.1) is 11.8 Å². The molecular formula is C17H20Na2O4. The smallest absolute Gasteiger partial charge is 0.872 e. The van der Waals surface area contributed by atoms with Gasteiger partial charge in [0.15, 0.2) is 0 Å². The van der Waals surface area contributed by atoms with Crippen LogP contribution in [0.3, 0.4) is 0 Å². The Morgan fingerprint density at radius 2 is 2.04 bits per heavy atom. The Morgan fingerprint density at radius 1 is 1.35 bits per heavy atom. The summed E-state index contributed by atoms with van der Waals surface area (Å²) in [6.45, 7) is 1.74. The molecule has 0 saturated heterocycles.